The van der Waals surface area contributed by atoms with Crippen LogP contribution in [0.2, 0.25) is 0 Å². The second-order valence-corrected chi connectivity index (χ2v) is 7.67. The lowest BCUT2D eigenvalue weighted by Gasteiger charge is -2.45. The fourth-order valence-corrected chi connectivity index (χ4v) is 5.14. The fourth-order valence-electron chi connectivity index (χ4n) is 5.14. The molecule has 0 heteroatoms. The molecule has 0 bridgehead atoms. The summed E-state index contributed by atoms with van der Waals surface area (Å²) in [6, 6.07) is 0. The van der Waals surface area contributed by atoms with Gasteiger partial charge in [-0.15, -0.1) is 0 Å². The Bertz CT molecular complexity index is 220. The maximum atomic E-state index is 2.53. The molecule has 4 unspecified atom stereocenters. The van der Waals surface area contributed by atoms with E-state index in [-0.39, 0.29) is 0 Å². The maximum absolute atomic E-state index is 2.53. The Kier molecular flexibility index (Phi) is 5.15. The van der Waals surface area contributed by atoms with Crippen LogP contribution in [0.15, 0.2) is 0 Å². The maximum Gasteiger partial charge on any atom is -0.0329 e. The molecule has 2 rings (SSSR count). The van der Waals surface area contributed by atoms with Crippen LogP contribution >= 0.6 is 0 Å². The molecule has 106 valence electrons. The predicted molar refractivity (Wildman–Crippen MR) is 80.6 cm³/mol. The van der Waals surface area contributed by atoms with Gasteiger partial charge < -0.3 is 0 Å². The smallest absolute Gasteiger partial charge is 0.0329 e. The Balaban J connectivity index is 2.10. The van der Waals surface area contributed by atoms with Crippen molar-refractivity contribution in [2.24, 2.45) is 35.5 Å². The van der Waals surface area contributed by atoms with Crippen LogP contribution in [0.5, 0.6) is 0 Å². The summed E-state index contributed by atoms with van der Waals surface area (Å²) in [5, 5.41) is 0. The zero-order valence-corrected chi connectivity index (χ0v) is 13.1. The molecule has 2 saturated carbocycles. The van der Waals surface area contributed by atoms with E-state index in [0.717, 1.165) is 35.5 Å². The lowest BCUT2D eigenvalue weighted by molar-refractivity contribution is 0.0407. The van der Waals surface area contributed by atoms with E-state index in [2.05, 4.69) is 27.7 Å². The molecule has 0 aromatic rings. The van der Waals surface area contributed by atoms with Gasteiger partial charge in [0.25, 0.3) is 0 Å². The van der Waals surface area contributed by atoms with E-state index < -0.39 is 0 Å². The summed E-state index contributed by atoms with van der Waals surface area (Å²) >= 11 is 0. The van der Waals surface area contributed by atoms with Crippen molar-refractivity contribution in [1.82, 2.24) is 0 Å². The fraction of sp³-hybridized carbons (Fsp3) is 1.00. The Morgan fingerprint density at radius 1 is 0.667 bits per heavy atom. The van der Waals surface area contributed by atoms with E-state index in [9.17, 15) is 0 Å². The second kappa shape index (κ2) is 6.44. The minimum absolute atomic E-state index is 0.890. The number of hydrogen-bond acceptors (Lipinski definition) is 0. The molecule has 0 amide bonds. The molecular weight excluding hydrogens is 216 g/mol. The van der Waals surface area contributed by atoms with Gasteiger partial charge in [-0.25, -0.2) is 0 Å². The van der Waals surface area contributed by atoms with E-state index in [1.54, 1.807) is 0 Å². The first-order valence-corrected chi connectivity index (χ1v) is 8.61. The van der Waals surface area contributed by atoms with Crippen LogP contribution in [-0.4, -0.2) is 0 Å². The molecule has 2 aliphatic rings. The van der Waals surface area contributed by atoms with Crippen molar-refractivity contribution in [3.63, 3.8) is 0 Å². The third kappa shape index (κ3) is 3.11. The standard InChI is InChI=1S/C18H34/c1-13(2)18(16-11-7-5-9-14(16)3)17-12-8-6-10-15(17)4/h13-18H,5-12H2,1-4H3. The van der Waals surface area contributed by atoms with Gasteiger partial charge in [0.2, 0.25) is 0 Å². The molecule has 0 radical (unpaired) electrons. The van der Waals surface area contributed by atoms with Gasteiger partial charge in [0.05, 0.1) is 0 Å². The van der Waals surface area contributed by atoms with E-state index in [4.69, 9.17) is 0 Å². The van der Waals surface area contributed by atoms with Gasteiger partial charge in [0.15, 0.2) is 0 Å². The van der Waals surface area contributed by atoms with Crippen molar-refractivity contribution in [3.05, 3.63) is 0 Å². The van der Waals surface area contributed by atoms with Gasteiger partial charge in [-0.1, -0.05) is 66.2 Å². The third-order valence-electron chi connectivity index (χ3n) is 6.11. The van der Waals surface area contributed by atoms with Crippen LogP contribution in [0.25, 0.3) is 0 Å². The molecule has 0 heterocycles. The van der Waals surface area contributed by atoms with Gasteiger partial charge in [0.1, 0.15) is 0 Å². The molecule has 0 aromatic heterocycles. The molecule has 2 fully saturated rings. The average Bonchev–Trinajstić information content (AvgIpc) is 2.34. The third-order valence-corrected chi connectivity index (χ3v) is 6.11. The highest BCUT2D eigenvalue weighted by Crippen LogP contribution is 2.47. The molecule has 0 saturated heterocycles. The van der Waals surface area contributed by atoms with Gasteiger partial charge in [0, 0.05) is 0 Å². The average molecular weight is 250 g/mol. The van der Waals surface area contributed by atoms with Crippen LogP contribution in [0.4, 0.5) is 0 Å². The van der Waals surface area contributed by atoms with Crippen LogP contribution < -0.4 is 0 Å². The Morgan fingerprint density at radius 3 is 1.39 bits per heavy atom. The van der Waals surface area contributed by atoms with Crippen molar-refractivity contribution >= 4 is 0 Å². The van der Waals surface area contributed by atoms with Crippen LogP contribution in [0.1, 0.15) is 79.1 Å². The largest absolute Gasteiger partial charge is 0.0625 e. The summed E-state index contributed by atoms with van der Waals surface area (Å²) in [4.78, 5) is 0. The normalized spacial score (nSPS) is 39.8. The Hall–Kier alpha value is 0. The first-order chi connectivity index (χ1) is 8.61. The summed E-state index contributed by atoms with van der Waals surface area (Å²) in [6.07, 6.45) is 12.0. The lowest BCUT2D eigenvalue weighted by atomic mass is 9.60. The summed E-state index contributed by atoms with van der Waals surface area (Å²) < 4.78 is 0. The minimum Gasteiger partial charge on any atom is -0.0625 e. The summed E-state index contributed by atoms with van der Waals surface area (Å²) in [5.41, 5.74) is 0. The number of hydrogen-bond donors (Lipinski definition) is 0. The monoisotopic (exact) mass is 250 g/mol. The lowest BCUT2D eigenvalue weighted by Crippen LogP contribution is -2.37. The van der Waals surface area contributed by atoms with Gasteiger partial charge in [-0.2, -0.15) is 0 Å². The highest BCUT2D eigenvalue weighted by molar-refractivity contribution is 4.88. The van der Waals surface area contributed by atoms with Crippen molar-refractivity contribution in [3.8, 4) is 0 Å². The second-order valence-electron chi connectivity index (χ2n) is 7.67. The Labute approximate surface area is 115 Å². The van der Waals surface area contributed by atoms with E-state index in [0.29, 0.717) is 0 Å². The molecule has 2 aliphatic carbocycles. The highest BCUT2D eigenvalue weighted by atomic mass is 14.4. The van der Waals surface area contributed by atoms with Gasteiger partial charge in [-0.3, -0.25) is 0 Å². The molecule has 0 aliphatic heterocycles. The Morgan fingerprint density at radius 2 is 1.06 bits per heavy atom. The summed E-state index contributed by atoms with van der Waals surface area (Å²) in [5.74, 6) is 5.94. The zero-order chi connectivity index (χ0) is 13.1. The summed E-state index contributed by atoms with van der Waals surface area (Å²) in [6.45, 7) is 10.1. The van der Waals surface area contributed by atoms with Crippen molar-refractivity contribution in [1.29, 1.82) is 0 Å². The topological polar surface area (TPSA) is 0 Å². The summed E-state index contributed by atoms with van der Waals surface area (Å²) in [7, 11) is 0. The zero-order valence-electron chi connectivity index (χ0n) is 13.1. The SMILES string of the molecule is CC(C)C(C1CCCCC1C)C1CCCCC1C. The van der Waals surface area contributed by atoms with Crippen LogP contribution in [0, 0.1) is 35.5 Å². The van der Waals surface area contributed by atoms with Gasteiger partial charge in [-0.05, 0) is 48.3 Å². The first-order valence-electron chi connectivity index (χ1n) is 8.61. The molecule has 0 spiro atoms. The van der Waals surface area contributed by atoms with Crippen LogP contribution in [-0.2, 0) is 0 Å². The molecule has 18 heavy (non-hydrogen) atoms. The van der Waals surface area contributed by atoms with E-state index >= 15 is 0 Å². The molecular formula is C18H34. The van der Waals surface area contributed by atoms with E-state index in [1.165, 1.54) is 51.4 Å². The van der Waals surface area contributed by atoms with Crippen molar-refractivity contribution in [2.45, 2.75) is 79.1 Å². The quantitative estimate of drug-likeness (QED) is 0.584. The number of rotatable bonds is 3. The van der Waals surface area contributed by atoms with Gasteiger partial charge >= 0.3 is 0 Å². The van der Waals surface area contributed by atoms with E-state index in [1.807, 2.05) is 0 Å². The highest BCUT2D eigenvalue weighted by Gasteiger charge is 2.38. The van der Waals surface area contributed by atoms with Crippen molar-refractivity contribution in [2.75, 3.05) is 0 Å². The first kappa shape index (κ1) is 14.4. The van der Waals surface area contributed by atoms with Crippen molar-refractivity contribution < 1.29 is 0 Å². The van der Waals surface area contributed by atoms with Crippen LogP contribution in [0.3, 0.4) is 0 Å². The minimum atomic E-state index is 0.890. The molecule has 0 aromatic carbocycles. The predicted octanol–water partition coefficient (Wildman–Crippen LogP) is 5.91. The molecule has 0 nitrogen and oxygen atoms in total. The molecule has 4 atom stereocenters. The molecule has 0 N–H and O–H groups in total.